The number of pyridine rings is 1. The van der Waals surface area contributed by atoms with E-state index in [-0.39, 0.29) is 10.3 Å². The number of fused-ring (bicyclic) bond motifs is 1. The molecule has 0 spiro atoms. The van der Waals surface area contributed by atoms with Crippen LogP contribution in [-0.4, -0.2) is 24.8 Å². The van der Waals surface area contributed by atoms with E-state index in [4.69, 9.17) is 9.97 Å². The van der Waals surface area contributed by atoms with E-state index < -0.39 is 8.07 Å². The summed E-state index contributed by atoms with van der Waals surface area (Å²) in [6, 6.07) is 14.3. The highest BCUT2D eigenvalue weighted by Gasteiger charge is 2.35. The van der Waals surface area contributed by atoms with Gasteiger partial charge in [0.05, 0.1) is 11.0 Å². The van der Waals surface area contributed by atoms with Gasteiger partial charge in [0.25, 0.3) is 0 Å². The van der Waals surface area contributed by atoms with Gasteiger partial charge < -0.3 is 9.65 Å². The molecule has 26 heavy (non-hydrogen) atoms. The zero-order chi connectivity index (χ0) is 19.1. The van der Waals surface area contributed by atoms with Crippen molar-refractivity contribution in [3.8, 4) is 11.5 Å². The summed E-state index contributed by atoms with van der Waals surface area (Å²) in [7, 11) is 1.58. The van der Waals surface area contributed by atoms with Crippen molar-refractivity contribution in [1.29, 1.82) is 0 Å². The van der Waals surface area contributed by atoms with Crippen LogP contribution in [0, 0.1) is 0 Å². The van der Waals surface area contributed by atoms with Crippen molar-refractivity contribution in [1.82, 2.24) is 14.5 Å². The second kappa shape index (κ2) is 6.66. The van der Waals surface area contributed by atoms with Crippen molar-refractivity contribution in [2.24, 2.45) is 7.05 Å². The summed E-state index contributed by atoms with van der Waals surface area (Å²) in [6.45, 7) is 13.8. The monoisotopic (exact) mass is 368 g/mol. The number of hydrogen-bond donors (Lipinski definition) is 1. The van der Waals surface area contributed by atoms with Crippen molar-refractivity contribution < 1.29 is 0 Å². The highest BCUT2D eigenvalue weighted by molar-refractivity contribution is 7.62. The maximum atomic E-state index is 4.89. The molecule has 2 heterocycles. The number of aryl methyl sites for hydroxylation is 1. The quantitative estimate of drug-likeness (QED) is 0.573. The van der Waals surface area contributed by atoms with Gasteiger partial charge >= 0.3 is 0 Å². The number of para-hydroxylation sites is 2. The maximum Gasteiger partial charge on any atom is 0.159 e. The summed E-state index contributed by atoms with van der Waals surface area (Å²) in [5, 5.41) is 4.11. The van der Waals surface area contributed by atoms with E-state index in [1.165, 1.54) is 0 Å². The minimum atomic E-state index is -0.467. The van der Waals surface area contributed by atoms with E-state index in [0.29, 0.717) is 0 Å². The zero-order valence-electron chi connectivity index (χ0n) is 16.8. The molecular formula is C21H29N4P. The molecular weight excluding hydrogens is 339 g/mol. The SMILES string of the molecule is Cn1c(-c2cccc(NP(C(C)(C)C)C(C)(C)C)n2)nc2ccccc21. The van der Waals surface area contributed by atoms with Gasteiger partial charge in [-0.05, 0) is 24.3 Å². The Kier molecular flexibility index (Phi) is 4.83. The molecule has 0 aliphatic rings. The number of nitrogens with zero attached hydrogens (tertiary/aromatic N) is 3. The fourth-order valence-electron chi connectivity index (χ4n) is 3.45. The number of hydrogen-bond acceptors (Lipinski definition) is 3. The molecule has 3 rings (SSSR count). The van der Waals surface area contributed by atoms with Gasteiger partial charge in [0.2, 0.25) is 0 Å². The lowest BCUT2D eigenvalue weighted by molar-refractivity contribution is 0.710. The van der Waals surface area contributed by atoms with Crippen LogP contribution < -0.4 is 5.09 Å². The Hall–Kier alpha value is -1.93. The Morgan fingerprint density at radius 2 is 1.50 bits per heavy atom. The predicted octanol–water partition coefficient (Wildman–Crippen LogP) is 6.04. The van der Waals surface area contributed by atoms with E-state index in [9.17, 15) is 0 Å². The van der Waals surface area contributed by atoms with Crippen LogP contribution in [0.5, 0.6) is 0 Å². The molecule has 0 aliphatic heterocycles. The average Bonchev–Trinajstić information content (AvgIpc) is 2.88. The van der Waals surface area contributed by atoms with Gasteiger partial charge in [-0.1, -0.05) is 59.7 Å². The first-order chi connectivity index (χ1) is 12.1. The Bertz CT molecular complexity index is 902. The van der Waals surface area contributed by atoms with Gasteiger partial charge in [-0.3, -0.25) is 0 Å². The Labute approximate surface area is 157 Å². The number of anilines is 1. The predicted molar refractivity (Wildman–Crippen MR) is 114 cm³/mol. The van der Waals surface area contributed by atoms with Crippen molar-refractivity contribution in [2.75, 3.05) is 5.09 Å². The minimum absolute atomic E-state index is 0.184. The fourth-order valence-corrected chi connectivity index (χ4v) is 6.49. The van der Waals surface area contributed by atoms with Crippen LogP contribution in [0.25, 0.3) is 22.6 Å². The Morgan fingerprint density at radius 1 is 0.846 bits per heavy atom. The number of aromatic nitrogens is 3. The van der Waals surface area contributed by atoms with Crippen LogP contribution in [-0.2, 0) is 7.05 Å². The zero-order valence-corrected chi connectivity index (χ0v) is 17.7. The molecule has 0 saturated carbocycles. The van der Waals surface area contributed by atoms with Gasteiger partial charge in [-0.2, -0.15) is 0 Å². The van der Waals surface area contributed by atoms with E-state index in [2.05, 4.69) is 69.4 Å². The summed E-state index contributed by atoms with van der Waals surface area (Å²) in [6.07, 6.45) is 0. The van der Waals surface area contributed by atoms with Crippen molar-refractivity contribution in [3.63, 3.8) is 0 Å². The molecule has 1 N–H and O–H groups in total. The van der Waals surface area contributed by atoms with E-state index >= 15 is 0 Å². The molecule has 1 aromatic carbocycles. The highest BCUT2D eigenvalue weighted by Crippen LogP contribution is 2.58. The van der Waals surface area contributed by atoms with Crippen LogP contribution in [0.15, 0.2) is 42.5 Å². The van der Waals surface area contributed by atoms with Gasteiger partial charge in [0, 0.05) is 25.4 Å². The number of imidazole rings is 1. The fraction of sp³-hybridized carbons (Fsp3) is 0.429. The van der Waals surface area contributed by atoms with Gasteiger partial charge in [-0.15, -0.1) is 0 Å². The summed E-state index contributed by atoms with van der Waals surface area (Å²) < 4.78 is 2.11. The van der Waals surface area contributed by atoms with Crippen LogP contribution >= 0.6 is 8.07 Å². The molecule has 0 saturated heterocycles. The van der Waals surface area contributed by atoms with Crippen LogP contribution in [0.2, 0.25) is 0 Å². The molecule has 0 unspecified atom stereocenters. The third kappa shape index (κ3) is 3.76. The maximum absolute atomic E-state index is 4.89. The molecule has 5 heteroatoms. The lowest BCUT2D eigenvalue weighted by Crippen LogP contribution is -2.29. The summed E-state index contributed by atoms with van der Waals surface area (Å²) in [5.41, 5.74) is 3.01. The Morgan fingerprint density at radius 3 is 2.12 bits per heavy atom. The van der Waals surface area contributed by atoms with Gasteiger partial charge in [0.15, 0.2) is 5.82 Å². The number of rotatable bonds is 3. The second-order valence-electron chi connectivity index (χ2n) is 8.68. The average molecular weight is 368 g/mol. The molecule has 0 aliphatic carbocycles. The topological polar surface area (TPSA) is 42.7 Å². The number of benzene rings is 1. The molecule has 0 fully saturated rings. The van der Waals surface area contributed by atoms with Gasteiger partial charge in [0.1, 0.15) is 11.5 Å². The largest absolute Gasteiger partial charge is 0.348 e. The smallest absolute Gasteiger partial charge is 0.159 e. The lowest BCUT2D eigenvalue weighted by Gasteiger charge is -2.41. The van der Waals surface area contributed by atoms with E-state index in [0.717, 1.165) is 28.4 Å². The van der Waals surface area contributed by atoms with Crippen LogP contribution in [0.3, 0.4) is 0 Å². The van der Waals surface area contributed by atoms with Crippen molar-refractivity contribution in [2.45, 2.75) is 51.9 Å². The highest BCUT2D eigenvalue weighted by atomic mass is 31.1. The first kappa shape index (κ1) is 18.8. The Balaban J connectivity index is 1.99. The lowest BCUT2D eigenvalue weighted by atomic mass is 10.2. The molecule has 0 bridgehead atoms. The van der Waals surface area contributed by atoms with E-state index in [1.54, 1.807) is 0 Å². The van der Waals surface area contributed by atoms with Crippen molar-refractivity contribution in [3.05, 3.63) is 42.5 Å². The third-order valence-corrected chi connectivity index (χ3v) is 7.47. The third-order valence-electron chi connectivity index (χ3n) is 4.33. The molecule has 0 radical (unpaired) electrons. The van der Waals surface area contributed by atoms with Crippen LogP contribution in [0.4, 0.5) is 5.82 Å². The molecule has 3 aromatic rings. The summed E-state index contributed by atoms with van der Waals surface area (Å²) in [4.78, 5) is 9.67. The summed E-state index contributed by atoms with van der Waals surface area (Å²) in [5.74, 6) is 1.82. The summed E-state index contributed by atoms with van der Waals surface area (Å²) >= 11 is 0. The first-order valence-corrected chi connectivity index (χ1v) is 10.4. The number of nitrogens with one attached hydrogen (secondary N) is 1. The molecule has 138 valence electrons. The van der Waals surface area contributed by atoms with Crippen LogP contribution in [0.1, 0.15) is 41.5 Å². The second-order valence-corrected chi connectivity index (χ2v) is 12.3. The molecule has 0 atom stereocenters. The molecule has 4 nitrogen and oxygen atoms in total. The first-order valence-electron chi connectivity index (χ1n) is 9.03. The van der Waals surface area contributed by atoms with E-state index in [1.807, 2.05) is 31.3 Å². The molecule has 2 aromatic heterocycles. The van der Waals surface area contributed by atoms with Gasteiger partial charge in [-0.25, -0.2) is 9.97 Å². The standard InChI is InChI=1S/C21H29N4P/c1-20(2,3)26(21(4,5)6)24-18-14-10-12-16(22-18)19-23-15-11-8-9-13-17(15)25(19)7/h8-14H,1-7H3,(H,22,24). The molecule has 0 amide bonds. The normalized spacial score (nSPS) is 12.8. The minimum Gasteiger partial charge on any atom is -0.348 e. The van der Waals surface area contributed by atoms with Crippen molar-refractivity contribution >= 4 is 24.9 Å².